The van der Waals surface area contributed by atoms with Gasteiger partial charge < -0.3 is 4.90 Å². The molecule has 1 saturated heterocycles. The van der Waals surface area contributed by atoms with Crippen molar-refractivity contribution < 1.29 is 18.0 Å². The van der Waals surface area contributed by atoms with Gasteiger partial charge in [0.05, 0.1) is 10.2 Å². The molecule has 158 valence electrons. The Hall–Kier alpha value is -1.29. The maximum Gasteiger partial charge on any atom is 0.436 e. The zero-order chi connectivity index (χ0) is 21.3. The highest BCUT2D eigenvalue weighted by Gasteiger charge is 2.38. The zero-order valence-electron chi connectivity index (χ0n) is 15.4. The minimum Gasteiger partial charge on any atom is -0.339 e. The maximum absolute atomic E-state index is 13.0. The van der Waals surface area contributed by atoms with Gasteiger partial charge in [-0.3, -0.25) is 14.4 Å². The predicted octanol–water partition coefficient (Wildman–Crippen LogP) is 4.62. The van der Waals surface area contributed by atoms with Gasteiger partial charge in [-0.25, -0.2) is 0 Å². The predicted molar refractivity (Wildman–Crippen MR) is 108 cm³/mol. The van der Waals surface area contributed by atoms with Crippen molar-refractivity contribution >= 4 is 45.0 Å². The topological polar surface area (TPSA) is 41.4 Å². The Bertz CT molecular complexity index is 891. The van der Waals surface area contributed by atoms with E-state index in [4.69, 9.17) is 23.2 Å². The van der Waals surface area contributed by atoms with Gasteiger partial charge in [-0.15, -0.1) is 0 Å². The Kier molecular flexibility index (Phi) is 6.82. The van der Waals surface area contributed by atoms with Crippen molar-refractivity contribution in [3.63, 3.8) is 0 Å². The molecule has 3 rings (SSSR count). The molecule has 0 spiro atoms. The highest BCUT2D eigenvalue weighted by Crippen LogP contribution is 2.35. The van der Waals surface area contributed by atoms with E-state index in [2.05, 4.69) is 25.9 Å². The first-order chi connectivity index (χ1) is 13.6. The maximum atomic E-state index is 13.0. The molecule has 0 bridgehead atoms. The monoisotopic (exact) mass is 512 g/mol. The molecule has 5 nitrogen and oxygen atoms in total. The van der Waals surface area contributed by atoms with Gasteiger partial charge >= 0.3 is 6.18 Å². The lowest BCUT2D eigenvalue weighted by Crippen LogP contribution is -2.49. The molecule has 2 heterocycles. The minimum absolute atomic E-state index is 0.140. The summed E-state index contributed by atoms with van der Waals surface area (Å²) in [6.45, 7) is 3.98. The van der Waals surface area contributed by atoms with Gasteiger partial charge in [-0.2, -0.15) is 18.3 Å². The van der Waals surface area contributed by atoms with Gasteiger partial charge in [0, 0.05) is 48.3 Å². The quantitative estimate of drug-likeness (QED) is 0.598. The Morgan fingerprint density at radius 1 is 1.17 bits per heavy atom. The van der Waals surface area contributed by atoms with E-state index in [1.807, 2.05) is 0 Å². The molecule has 0 unspecified atom stereocenters. The first kappa shape index (κ1) is 22.4. The van der Waals surface area contributed by atoms with Crippen LogP contribution >= 0.6 is 39.1 Å². The molecule has 29 heavy (non-hydrogen) atoms. The Morgan fingerprint density at radius 2 is 1.76 bits per heavy atom. The SMILES string of the molecule is Cc1c(Br)c(C(F)(F)F)nn1CC(=O)N1CCN(Cc2c(Cl)cccc2Cl)CC1. The number of halogens is 6. The summed E-state index contributed by atoms with van der Waals surface area (Å²) in [6, 6.07) is 5.34. The van der Waals surface area contributed by atoms with E-state index in [1.165, 1.54) is 6.92 Å². The van der Waals surface area contributed by atoms with Crippen LogP contribution in [-0.2, 0) is 24.1 Å². The second-order valence-electron chi connectivity index (χ2n) is 6.76. The number of hydrogen-bond donors (Lipinski definition) is 0. The molecular weight excluding hydrogens is 496 g/mol. The molecule has 1 aliphatic rings. The average molecular weight is 514 g/mol. The summed E-state index contributed by atoms with van der Waals surface area (Å²) in [5, 5.41) is 4.75. The van der Waals surface area contributed by atoms with Crippen LogP contribution in [-0.4, -0.2) is 51.7 Å². The summed E-state index contributed by atoms with van der Waals surface area (Å²) in [5.41, 5.74) is 0.0780. The number of nitrogens with zero attached hydrogens (tertiary/aromatic N) is 4. The van der Waals surface area contributed by atoms with Crippen molar-refractivity contribution in [2.24, 2.45) is 0 Å². The van der Waals surface area contributed by atoms with Crippen molar-refractivity contribution in [2.45, 2.75) is 26.2 Å². The molecule has 0 saturated carbocycles. The van der Waals surface area contributed by atoms with Crippen LogP contribution < -0.4 is 0 Å². The van der Waals surface area contributed by atoms with Crippen molar-refractivity contribution in [1.29, 1.82) is 0 Å². The standard InChI is InChI=1S/C18H18BrCl2F3N4O/c1-11-16(19)17(18(22,23)24)25-28(11)10-15(29)27-7-5-26(6-8-27)9-12-13(20)3-2-4-14(12)21/h2-4H,5-10H2,1H3. The lowest BCUT2D eigenvalue weighted by atomic mass is 10.2. The molecule has 0 aliphatic carbocycles. The number of benzene rings is 1. The highest BCUT2D eigenvalue weighted by atomic mass is 79.9. The fourth-order valence-electron chi connectivity index (χ4n) is 3.15. The van der Waals surface area contributed by atoms with Crippen LogP contribution in [0.3, 0.4) is 0 Å². The highest BCUT2D eigenvalue weighted by molar-refractivity contribution is 9.10. The molecule has 0 atom stereocenters. The van der Waals surface area contributed by atoms with E-state index < -0.39 is 11.9 Å². The van der Waals surface area contributed by atoms with Crippen molar-refractivity contribution in [3.8, 4) is 0 Å². The van der Waals surface area contributed by atoms with Gasteiger partial charge in [0.25, 0.3) is 0 Å². The Balaban J connectivity index is 1.60. The number of rotatable bonds is 4. The van der Waals surface area contributed by atoms with E-state index in [-0.39, 0.29) is 22.6 Å². The normalized spacial score (nSPS) is 15.8. The van der Waals surface area contributed by atoms with E-state index in [0.717, 1.165) is 10.2 Å². The Morgan fingerprint density at radius 3 is 2.28 bits per heavy atom. The Labute approximate surface area is 184 Å². The number of piperazine rings is 1. The van der Waals surface area contributed by atoms with Gasteiger partial charge in [-0.1, -0.05) is 29.3 Å². The fourth-order valence-corrected chi connectivity index (χ4v) is 4.18. The number of aromatic nitrogens is 2. The molecule has 0 N–H and O–H groups in total. The number of alkyl halides is 3. The summed E-state index contributed by atoms with van der Waals surface area (Å²) in [7, 11) is 0. The van der Waals surface area contributed by atoms with Crippen LogP contribution in [0.25, 0.3) is 0 Å². The number of carbonyl (C=O) groups excluding carboxylic acids is 1. The average Bonchev–Trinajstić information content (AvgIpc) is 2.94. The van der Waals surface area contributed by atoms with Crippen LogP contribution in [0.1, 0.15) is 17.0 Å². The zero-order valence-corrected chi connectivity index (χ0v) is 18.5. The largest absolute Gasteiger partial charge is 0.436 e. The number of carbonyl (C=O) groups is 1. The van der Waals surface area contributed by atoms with Crippen molar-refractivity contribution in [3.05, 3.63) is 49.7 Å². The van der Waals surface area contributed by atoms with E-state index in [0.29, 0.717) is 42.8 Å². The summed E-state index contributed by atoms with van der Waals surface area (Å²) in [4.78, 5) is 16.3. The summed E-state index contributed by atoms with van der Waals surface area (Å²) in [5.74, 6) is -0.271. The summed E-state index contributed by atoms with van der Waals surface area (Å²) in [6.07, 6.45) is -4.58. The smallest absolute Gasteiger partial charge is 0.339 e. The van der Waals surface area contributed by atoms with E-state index >= 15 is 0 Å². The van der Waals surface area contributed by atoms with Crippen LogP contribution in [0.5, 0.6) is 0 Å². The third-order valence-corrected chi connectivity index (χ3v) is 6.51. The van der Waals surface area contributed by atoms with E-state index in [9.17, 15) is 18.0 Å². The fraction of sp³-hybridized carbons (Fsp3) is 0.444. The molecule has 0 radical (unpaired) electrons. The van der Waals surface area contributed by atoms with Crippen molar-refractivity contribution in [1.82, 2.24) is 19.6 Å². The molecular formula is C18H18BrCl2F3N4O. The minimum atomic E-state index is -4.58. The third kappa shape index (κ3) is 5.07. The second kappa shape index (κ2) is 8.83. The summed E-state index contributed by atoms with van der Waals surface area (Å²) >= 11 is 15.3. The molecule has 1 aliphatic heterocycles. The van der Waals surface area contributed by atoms with Crippen LogP contribution in [0.2, 0.25) is 10.0 Å². The van der Waals surface area contributed by atoms with Crippen LogP contribution in [0.4, 0.5) is 13.2 Å². The molecule has 11 heteroatoms. The van der Waals surface area contributed by atoms with Crippen LogP contribution in [0.15, 0.2) is 22.7 Å². The first-order valence-electron chi connectivity index (χ1n) is 8.81. The first-order valence-corrected chi connectivity index (χ1v) is 10.4. The van der Waals surface area contributed by atoms with Gasteiger partial charge in [0.1, 0.15) is 6.54 Å². The number of hydrogen-bond acceptors (Lipinski definition) is 3. The summed E-state index contributed by atoms with van der Waals surface area (Å²) < 4.78 is 39.9. The molecule has 1 aromatic heterocycles. The van der Waals surface area contributed by atoms with E-state index in [1.54, 1.807) is 23.1 Å². The molecule has 1 fully saturated rings. The van der Waals surface area contributed by atoms with Gasteiger partial charge in [0.15, 0.2) is 5.69 Å². The third-order valence-electron chi connectivity index (χ3n) is 4.86. The lowest BCUT2D eigenvalue weighted by Gasteiger charge is -2.35. The van der Waals surface area contributed by atoms with Crippen LogP contribution in [0, 0.1) is 6.92 Å². The lowest BCUT2D eigenvalue weighted by molar-refractivity contribution is -0.142. The van der Waals surface area contributed by atoms with Gasteiger partial charge in [-0.05, 0) is 35.0 Å². The second-order valence-corrected chi connectivity index (χ2v) is 8.37. The van der Waals surface area contributed by atoms with Gasteiger partial charge in [0.2, 0.25) is 5.91 Å². The molecule has 1 aromatic carbocycles. The molecule has 2 aromatic rings. The molecule has 1 amide bonds. The number of amides is 1. The van der Waals surface area contributed by atoms with Crippen molar-refractivity contribution in [2.75, 3.05) is 26.2 Å².